The molecule has 0 saturated carbocycles. The van der Waals surface area contributed by atoms with E-state index >= 15 is 0 Å². The predicted molar refractivity (Wildman–Crippen MR) is 86.1 cm³/mol. The summed E-state index contributed by atoms with van der Waals surface area (Å²) in [6, 6.07) is 10.8. The van der Waals surface area contributed by atoms with Gasteiger partial charge in [-0.15, -0.1) is 11.8 Å². The van der Waals surface area contributed by atoms with E-state index in [1.807, 2.05) is 18.0 Å². The molecule has 0 aliphatic carbocycles. The van der Waals surface area contributed by atoms with Gasteiger partial charge in [0.2, 0.25) is 0 Å². The average Bonchev–Trinajstić information content (AvgIpc) is 2.93. The minimum absolute atomic E-state index is 0.298. The lowest BCUT2D eigenvalue weighted by Gasteiger charge is -2.18. The quantitative estimate of drug-likeness (QED) is 0.751. The van der Waals surface area contributed by atoms with Crippen LogP contribution in [0, 0.1) is 0 Å². The van der Waals surface area contributed by atoms with Gasteiger partial charge in [0.15, 0.2) is 0 Å². The number of benzene rings is 1. The third-order valence-corrected chi connectivity index (χ3v) is 4.24. The highest BCUT2D eigenvalue weighted by atomic mass is 32.2. The summed E-state index contributed by atoms with van der Waals surface area (Å²) in [5, 5.41) is 3.55. The smallest absolute Gasteiger partial charge is 0.126 e. The Morgan fingerprint density at radius 2 is 2.05 bits per heavy atom. The Bertz CT molecular complexity index is 495. The van der Waals surface area contributed by atoms with Crippen LogP contribution in [0.4, 0.5) is 0 Å². The van der Waals surface area contributed by atoms with Crippen LogP contribution in [0.25, 0.3) is 0 Å². The fourth-order valence-electron chi connectivity index (χ4n) is 2.23. The molecule has 1 aromatic carbocycles. The van der Waals surface area contributed by atoms with E-state index in [2.05, 4.69) is 65.2 Å². The molecule has 3 nitrogen and oxygen atoms in total. The van der Waals surface area contributed by atoms with Crippen molar-refractivity contribution in [2.45, 2.75) is 37.8 Å². The molecule has 20 heavy (non-hydrogen) atoms. The third-order valence-electron chi connectivity index (χ3n) is 3.13. The Morgan fingerprint density at radius 3 is 2.75 bits per heavy atom. The Kier molecular flexibility index (Phi) is 6.15. The maximum atomic E-state index is 4.55. The van der Waals surface area contributed by atoms with E-state index in [1.165, 1.54) is 4.90 Å². The van der Waals surface area contributed by atoms with Crippen LogP contribution in [0.2, 0.25) is 0 Å². The van der Waals surface area contributed by atoms with Gasteiger partial charge in [-0.05, 0) is 25.1 Å². The first-order valence-electron chi connectivity index (χ1n) is 7.27. The lowest BCUT2D eigenvalue weighted by atomic mass is 10.3. The lowest BCUT2D eigenvalue weighted by molar-refractivity contribution is 0.527. The lowest BCUT2D eigenvalue weighted by Crippen LogP contribution is -2.26. The molecule has 1 aromatic heterocycles. The van der Waals surface area contributed by atoms with Crippen LogP contribution in [-0.4, -0.2) is 21.8 Å². The standard InChI is InChI=1S/C16H23N3S/c1-3-11-19-12-10-18-16(19)15(17-4-2)13-20-14-8-6-5-7-9-14/h5-10,12,15,17H,3-4,11,13H2,1-2H3. The summed E-state index contributed by atoms with van der Waals surface area (Å²) in [6.07, 6.45) is 5.12. The van der Waals surface area contributed by atoms with E-state index in [9.17, 15) is 0 Å². The van der Waals surface area contributed by atoms with Gasteiger partial charge in [0, 0.05) is 29.6 Å². The third kappa shape index (κ3) is 4.12. The van der Waals surface area contributed by atoms with Crippen molar-refractivity contribution in [2.24, 2.45) is 0 Å². The largest absolute Gasteiger partial charge is 0.334 e. The second-order valence-electron chi connectivity index (χ2n) is 4.71. The van der Waals surface area contributed by atoms with Crippen molar-refractivity contribution in [1.82, 2.24) is 14.9 Å². The van der Waals surface area contributed by atoms with Crippen molar-refractivity contribution < 1.29 is 0 Å². The molecule has 1 unspecified atom stereocenters. The molecular formula is C16H23N3S. The number of imidazole rings is 1. The summed E-state index contributed by atoms with van der Waals surface area (Å²) in [5.74, 6) is 2.15. The van der Waals surface area contributed by atoms with Gasteiger partial charge in [-0.25, -0.2) is 4.98 Å². The number of hydrogen-bond donors (Lipinski definition) is 1. The van der Waals surface area contributed by atoms with E-state index in [0.717, 1.165) is 31.1 Å². The highest BCUT2D eigenvalue weighted by molar-refractivity contribution is 7.99. The highest BCUT2D eigenvalue weighted by Gasteiger charge is 2.16. The van der Waals surface area contributed by atoms with Crippen molar-refractivity contribution in [3.8, 4) is 0 Å². The molecule has 0 fully saturated rings. The molecule has 2 rings (SSSR count). The SMILES string of the molecule is CCCn1ccnc1C(CSc1ccccc1)NCC. The maximum absolute atomic E-state index is 4.55. The molecule has 0 saturated heterocycles. The molecule has 0 aliphatic rings. The fraction of sp³-hybridized carbons (Fsp3) is 0.438. The van der Waals surface area contributed by atoms with Crippen LogP contribution >= 0.6 is 11.8 Å². The number of aromatic nitrogens is 2. The topological polar surface area (TPSA) is 29.9 Å². The second kappa shape index (κ2) is 8.12. The summed E-state index contributed by atoms with van der Waals surface area (Å²) in [5.41, 5.74) is 0. The van der Waals surface area contributed by atoms with Gasteiger partial charge in [0.05, 0.1) is 6.04 Å². The number of nitrogens with one attached hydrogen (secondary N) is 1. The summed E-state index contributed by atoms with van der Waals surface area (Å²) in [4.78, 5) is 5.86. The van der Waals surface area contributed by atoms with Gasteiger partial charge in [-0.1, -0.05) is 32.0 Å². The van der Waals surface area contributed by atoms with E-state index in [-0.39, 0.29) is 0 Å². The number of aryl methyl sites for hydroxylation is 1. The summed E-state index contributed by atoms with van der Waals surface area (Å²) < 4.78 is 2.26. The summed E-state index contributed by atoms with van der Waals surface area (Å²) >= 11 is 1.88. The second-order valence-corrected chi connectivity index (χ2v) is 5.81. The highest BCUT2D eigenvalue weighted by Crippen LogP contribution is 2.24. The molecule has 0 amide bonds. The van der Waals surface area contributed by atoms with Crippen molar-refractivity contribution >= 4 is 11.8 Å². The van der Waals surface area contributed by atoms with Gasteiger partial charge in [0.25, 0.3) is 0 Å². The molecule has 0 bridgehead atoms. The minimum atomic E-state index is 0.298. The first kappa shape index (κ1) is 15.1. The molecule has 2 aromatic rings. The van der Waals surface area contributed by atoms with Gasteiger partial charge >= 0.3 is 0 Å². The van der Waals surface area contributed by atoms with E-state index in [4.69, 9.17) is 0 Å². The normalized spacial score (nSPS) is 12.5. The number of thioether (sulfide) groups is 1. The summed E-state index contributed by atoms with van der Waals surface area (Å²) in [6.45, 7) is 6.34. The predicted octanol–water partition coefficient (Wildman–Crippen LogP) is 3.74. The Balaban J connectivity index is 2.04. The molecule has 1 heterocycles. The van der Waals surface area contributed by atoms with Crippen LogP contribution in [0.15, 0.2) is 47.6 Å². The molecule has 1 N–H and O–H groups in total. The van der Waals surface area contributed by atoms with Gasteiger partial charge < -0.3 is 9.88 Å². The van der Waals surface area contributed by atoms with Gasteiger partial charge in [-0.3, -0.25) is 0 Å². The van der Waals surface area contributed by atoms with E-state index < -0.39 is 0 Å². The summed E-state index contributed by atoms with van der Waals surface area (Å²) in [7, 11) is 0. The van der Waals surface area contributed by atoms with Crippen molar-refractivity contribution in [3.63, 3.8) is 0 Å². The Labute approximate surface area is 125 Å². The zero-order valence-electron chi connectivity index (χ0n) is 12.2. The van der Waals surface area contributed by atoms with Crippen molar-refractivity contribution in [1.29, 1.82) is 0 Å². The molecule has 108 valence electrons. The van der Waals surface area contributed by atoms with Gasteiger partial charge in [-0.2, -0.15) is 0 Å². The van der Waals surface area contributed by atoms with Crippen LogP contribution < -0.4 is 5.32 Å². The average molecular weight is 289 g/mol. The van der Waals surface area contributed by atoms with Gasteiger partial charge in [0.1, 0.15) is 5.82 Å². The maximum Gasteiger partial charge on any atom is 0.126 e. The van der Waals surface area contributed by atoms with Crippen LogP contribution in [0.1, 0.15) is 32.1 Å². The van der Waals surface area contributed by atoms with E-state index in [1.54, 1.807) is 0 Å². The molecule has 0 aliphatic heterocycles. The zero-order chi connectivity index (χ0) is 14.2. The van der Waals surface area contributed by atoms with Crippen LogP contribution in [-0.2, 0) is 6.54 Å². The molecule has 1 atom stereocenters. The van der Waals surface area contributed by atoms with Crippen LogP contribution in [0.3, 0.4) is 0 Å². The minimum Gasteiger partial charge on any atom is -0.334 e. The Morgan fingerprint density at radius 1 is 1.25 bits per heavy atom. The van der Waals surface area contributed by atoms with Crippen molar-refractivity contribution in [3.05, 3.63) is 48.5 Å². The van der Waals surface area contributed by atoms with Crippen LogP contribution in [0.5, 0.6) is 0 Å². The number of nitrogens with zero attached hydrogens (tertiary/aromatic N) is 2. The zero-order valence-corrected chi connectivity index (χ0v) is 13.1. The fourth-order valence-corrected chi connectivity index (χ4v) is 3.20. The Hall–Kier alpha value is -1.26. The number of hydrogen-bond acceptors (Lipinski definition) is 3. The first-order chi connectivity index (χ1) is 9.85. The first-order valence-corrected chi connectivity index (χ1v) is 8.26. The molecule has 4 heteroatoms. The van der Waals surface area contributed by atoms with E-state index in [0.29, 0.717) is 6.04 Å². The molecular weight excluding hydrogens is 266 g/mol. The molecule has 0 spiro atoms. The molecule has 0 radical (unpaired) electrons. The monoisotopic (exact) mass is 289 g/mol. The van der Waals surface area contributed by atoms with Crippen molar-refractivity contribution in [2.75, 3.05) is 12.3 Å². The number of rotatable bonds is 8.